The Kier molecular flexibility index (Phi) is 5.00. The minimum atomic E-state index is -0.683. The van der Waals surface area contributed by atoms with Gasteiger partial charge in [0.15, 0.2) is 0 Å². The van der Waals surface area contributed by atoms with E-state index in [-0.39, 0.29) is 5.82 Å². The highest BCUT2D eigenvalue weighted by molar-refractivity contribution is 5.55. The van der Waals surface area contributed by atoms with Crippen LogP contribution in [0, 0.1) is 11.7 Å². The third-order valence-electron chi connectivity index (χ3n) is 4.08. The molecule has 0 aromatic heterocycles. The number of methoxy groups -OCH3 is 1. The van der Waals surface area contributed by atoms with Crippen LogP contribution in [0.3, 0.4) is 0 Å². The number of hydrogen-bond acceptors (Lipinski definition) is 3. The van der Waals surface area contributed by atoms with Gasteiger partial charge < -0.3 is 14.7 Å². The van der Waals surface area contributed by atoms with Gasteiger partial charge in [0.05, 0.1) is 12.7 Å². The second kappa shape index (κ2) is 6.55. The maximum Gasteiger partial charge on any atom is 0.123 e. The summed E-state index contributed by atoms with van der Waals surface area (Å²) in [6.07, 6.45) is 1.81. The zero-order chi connectivity index (χ0) is 14.7. The summed E-state index contributed by atoms with van der Waals surface area (Å²) >= 11 is 0. The summed E-state index contributed by atoms with van der Waals surface area (Å²) in [5, 5.41) is 9.91. The number of anilines is 1. The van der Waals surface area contributed by atoms with Crippen molar-refractivity contribution in [2.75, 3.05) is 25.2 Å². The van der Waals surface area contributed by atoms with Crippen LogP contribution in [-0.4, -0.2) is 31.4 Å². The van der Waals surface area contributed by atoms with E-state index in [1.165, 1.54) is 25.0 Å². The van der Waals surface area contributed by atoms with Gasteiger partial charge in [-0.25, -0.2) is 4.39 Å². The first-order chi connectivity index (χ1) is 9.54. The first-order valence-electron chi connectivity index (χ1n) is 7.27. The van der Waals surface area contributed by atoms with Gasteiger partial charge in [-0.15, -0.1) is 0 Å². The molecule has 1 N–H and O–H groups in total. The Bertz CT molecular complexity index is 446. The topological polar surface area (TPSA) is 32.7 Å². The van der Waals surface area contributed by atoms with Crippen molar-refractivity contribution in [2.45, 2.75) is 38.8 Å². The van der Waals surface area contributed by atoms with E-state index in [1.807, 2.05) is 0 Å². The van der Waals surface area contributed by atoms with Gasteiger partial charge in [-0.2, -0.15) is 0 Å². The van der Waals surface area contributed by atoms with Gasteiger partial charge in [0, 0.05) is 30.9 Å². The quantitative estimate of drug-likeness (QED) is 0.833. The van der Waals surface area contributed by atoms with Crippen molar-refractivity contribution < 1.29 is 14.2 Å². The molecule has 20 heavy (non-hydrogen) atoms. The van der Waals surface area contributed by atoms with E-state index in [1.54, 1.807) is 20.1 Å². The zero-order valence-electron chi connectivity index (χ0n) is 12.5. The van der Waals surface area contributed by atoms with E-state index < -0.39 is 6.10 Å². The maximum atomic E-state index is 13.4. The van der Waals surface area contributed by atoms with Gasteiger partial charge in [0.1, 0.15) is 5.82 Å². The summed E-state index contributed by atoms with van der Waals surface area (Å²) < 4.78 is 18.6. The van der Waals surface area contributed by atoms with Crippen LogP contribution in [0.4, 0.5) is 10.1 Å². The van der Waals surface area contributed by atoms with Gasteiger partial charge >= 0.3 is 0 Å². The molecule has 0 spiro atoms. The molecule has 1 fully saturated rings. The molecule has 3 nitrogen and oxygen atoms in total. The lowest BCUT2D eigenvalue weighted by atomic mass is 10.0. The molecule has 0 radical (unpaired) electrons. The average Bonchev–Trinajstić information content (AvgIpc) is 3.24. The van der Waals surface area contributed by atoms with Gasteiger partial charge in [-0.05, 0) is 50.8 Å². The molecule has 2 rings (SSSR count). The summed E-state index contributed by atoms with van der Waals surface area (Å²) in [4.78, 5) is 2.24. The smallest absolute Gasteiger partial charge is 0.123 e. The fraction of sp³-hybridized carbons (Fsp3) is 0.625. The van der Waals surface area contributed by atoms with Crippen molar-refractivity contribution in [3.8, 4) is 0 Å². The van der Waals surface area contributed by atoms with Gasteiger partial charge in [0.25, 0.3) is 0 Å². The Morgan fingerprint density at radius 2 is 2.10 bits per heavy atom. The molecule has 1 saturated carbocycles. The minimum absolute atomic E-state index is 0.310. The summed E-state index contributed by atoms with van der Waals surface area (Å²) in [6, 6.07) is 5.04. The molecule has 0 amide bonds. The predicted molar refractivity (Wildman–Crippen MR) is 78.4 cm³/mol. The Morgan fingerprint density at radius 1 is 1.40 bits per heavy atom. The van der Waals surface area contributed by atoms with E-state index in [0.29, 0.717) is 24.1 Å². The molecule has 2 atom stereocenters. The zero-order valence-corrected chi connectivity index (χ0v) is 12.5. The van der Waals surface area contributed by atoms with E-state index in [9.17, 15) is 9.50 Å². The van der Waals surface area contributed by atoms with Crippen LogP contribution in [0.2, 0.25) is 0 Å². The Labute approximate surface area is 120 Å². The standard InChI is InChI=1S/C16H24FNO2/c1-11(13-4-5-13)18(8-9-20-3)16-7-6-14(17)10-15(16)12(2)19/h6-7,10-13,19H,4-5,8-9H2,1-3H3. The lowest BCUT2D eigenvalue weighted by Gasteiger charge is -2.33. The fourth-order valence-electron chi connectivity index (χ4n) is 2.69. The number of hydrogen-bond donors (Lipinski definition) is 1. The number of halogens is 1. The van der Waals surface area contributed by atoms with E-state index in [2.05, 4.69) is 11.8 Å². The van der Waals surface area contributed by atoms with Crippen LogP contribution < -0.4 is 4.90 Å². The van der Waals surface area contributed by atoms with Crippen LogP contribution in [-0.2, 0) is 4.74 Å². The average molecular weight is 281 g/mol. The van der Waals surface area contributed by atoms with Crippen molar-refractivity contribution in [2.24, 2.45) is 5.92 Å². The first kappa shape index (κ1) is 15.3. The Hall–Kier alpha value is -1.13. The van der Waals surface area contributed by atoms with Crippen LogP contribution in [0.1, 0.15) is 38.4 Å². The fourth-order valence-corrected chi connectivity index (χ4v) is 2.69. The third-order valence-corrected chi connectivity index (χ3v) is 4.08. The second-order valence-electron chi connectivity index (χ2n) is 5.64. The Balaban J connectivity index is 2.31. The maximum absolute atomic E-state index is 13.4. The number of benzene rings is 1. The highest BCUT2D eigenvalue weighted by Gasteiger charge is 2.33. The van der Waals surface area contributed by atoms with Gasteiger partial charge in [-0.3, -0.25) is 0 Å². The van der Waals surface area contributed by atoms with Crippen LogP contribution in [0.15, 0.2) is 18.2 Å². The summed E-state index contributed by atoms with van der Waals surface area (Å²) in [7, 11) is 1.68. The molecule has 0 aliphatic heterocycles. The molecule has 1 aliphatic rings. The molecule has 0 bridgehead atoms. The first-order valence-corrected chi connectivity index (χ1v) is 7.27. The molecule has 1 aromatic carbocycles. The Morgan fingerprint density at radius 3 is 2.65 bits per heavy atom. The lowest BCUT2D eigenvalue weighted by molar-refractivity contribution is 0.195. The molecule has 0 heterocycles. The van der Waals surface area contributed by atoms with E-state index in [0.717, 1.165) is 12.2 Å². The molecule has 0 saturated heterocycles. The molecule has 1 aromatic rings. The number of aliphatic hydroxyl groups excluding tert-OH is 1. The monoisotopic (exact) mass is 281 g/mol. The molecule has 112 valence electrons. The number of aliphatic hydroxyl groups is 1. The molecule has 1 aliphatic carbocycles. The van der Waals surface area contributed by atoms with Crippen molar-refractivity contribution in [1.82, 2.24) is 0 Å². The normalized spacial score (nSPS) is 17.9. The molecular weight excluding hydrogens is 257 g/mol. The SMILES string of the molecule is COCCN(c1ccc(F)cc1C(C)O)C(C)C1CC1. The van der Waals surface area contributed by atoms with Crippen LogP contribution in [0.25, 0.3) is 0 Å². The summed E-state index contributed by atoms with van der Waals surface area (Å²) in [5.41, 5.74) is 1.56. The van der Waals surface area contributed by atoms with Crippen molar-refractivity contribution in [1.29, 1.82) is 0 Å². The van der Waals surface area contributed by atoms with Crippen LogP contribution >= 0.6 is 0 Å². The highest BCUT2D eigenvalue weighted by Crippen LogP contribution is 2.38. The van der Waals surface area contributed by atoms with Crippen LogP contribution in [0.5, 0.6) is 0 Å². The third kappa shape index (κ3) is 3.49. The molecule has 2 unspecified atom stereocenters. The second-order valence-corrected chi connectivity index (χ2v) is 5.64. The van der Waals surface area contributed by atoms with Gasteiger partial charge in [0.2, 0.25) is 0 Å². The van der Waals surface area contributed by atoms with Crippen molar-refractivity contribution in [3.63, 3.8) is 0 Å². The summed E-state index contributed by atoms with van der Waals surface area (Å²) in [5.74, 6) is 0.383. The number of ether oxygens (including phenoxy) is 1. The number of nitrogens with zero attached hydrogens (tertiary/aromatic N) is 1. The molecule has 4 heteroatoms. The van der Waals surface area contributed by atoms with E-state index >= 15 is 0 Å². The van der Waals surface area contributed by atoms with Crippen molar-refractivity contribution in [3.05, 3.63) is 29.6 Å². The largest absolute Gasteiger partial charge is 0.389 e. The lowest BCUT2D eigenvalue weighted by Crippen LogP contribution is -2.38. The van der Waals surface area contributed by atoms with E-state index in [4.69, 9.17) is 4.74 Å². The molecular formula is C16H24FNO2. The highest BCUT2D eigenvalue weighted by atomic mass is 19.1. The summed E-state index contributed by atoms with van der Waals surface area (Å²) in [6.45, 7) is 5.24. The van der Waals surface area contributed by atoms with Gasteiger partial charge in [-0.1, -0.05) is 0 Å². The minimum Gasteiger partial charge on any atom is -0.389 e. The number of rotatable bonds is 7. The predicted octanol–water partition coefficient (Wildman–Crippen LogP) is 3.13. The van der Waals surface area contributed by atoms with Crippen molar-refractivity contribution >= 4 is 5.69 Å².